The molecule has 0 spiro atoms. The molecule has 1 heterocycles. The molecule has 1 saturated heterocycles. The van der Waals surface area contributed by atoms with Crippen LogP contribution < -0.4 is 4.90 Å². The molecule has 3 aromatic carbocycles. The molecule has 2 amide bonds. The van der Waals surface area contributed by atoms with Gasteiger partial charge in [-0.2, -0.15) is 4.31 Å². The molecule has 180 valence electrons. The highest BCUT2D eigenvalue weighted by molar-refractivity contribution is 7.89. The van der Waals surface area contributed by atoms with Gasteiger partial charge in [-0.3, -0.25) is 9.59 Å². The second-order valence-electron chi connectivity index (χ2n) is 8.06. The normalized spacial score (nSPS) is 17.0. The number of imide groups is 1. The molecule has 9 heteroatoms. The number of anilines is 1. The van der Waals surface area contributed by atoms with E-state index < -0.39 is 39.9 Å². The summed E-state index contributed by atoms with van der Waals surface area (Å²) in [6.45, 7) is 1.70. The van der Waals surface area contributed by atoms with E-state index in [0.29, 0.717) is 5.56 Å². The molecule has 0 aliphatic carbocycles. The Morgan fingerprint density at radius 2 is 1.51 bits per heavy atom. The zero-order valence-electron chi connectivity index (χ0n) is 19.2. The summed E-state index contributed by atoms with van der Waals surface area (Å²) in [5.74, 6) is -1.73. The molecule has 4 rings (SSSR count). The molecule has 1 aliphatic heterocycles. The van der Waals surface area contributed by atoms with Gasteiger partial charge in [-0.15, -0.1) is 0 Å². The number of esters is 1. The summed E-state index contributed by atoms with van der Waals surface area (Å²) >= 11 is 0. The van der Waals surface area contributed by atoms with E-state index in [2.05, 4.69) is 4.74 Å². The van der Waals surface area contributed by atoms with Crippen molar-refractivity contribution in [3.8, 4) is 0 Å². The van der Waals surface area contributed by atoms with Gasteiger partial charge >= 0.3 is 5.97 Å². The summed E-state index contributed by atoms with van der Waals surface area (Å²) < 4.78 is 33.4. The Bertz CT molecular complexity index is 1340. The first-order valence-electron chi connectivity index (χ1n) is 10.9. The largest absolute Gasteiger partial charge is 0.465 e. The smallest absolute Gasteiger partial charge is 0.337 e. The quantitative estimate of drug-likeness (QED) is 0.369. The van der Waals surface area contributed by atoms with E-state index in [1.54, 1.807) is 49.4 Å². The predicted octanol–water partition coefficient (Wildman–Crippen LogP) is 3.56. The van der Waals surface area contributed by atoms with E-state index in [1.165, 1.54) is 43.5 Å². The van der Waals surface area contributed by atoms with E-state index in [0.717, 1.165) is 9.21 Å². The number of methoxy groups -OCH3 is 1. The Morgan fingerprint density at radius 3 is 2.09 bits per heavy atom. The lowest BCUT2D eigenvalue weighted by atomic mass is 10.1. The van der Waals surface area contributed by atoms with Crippen LogP contribution >= 0.6 is 0 Å². The zero-order valence-corrected chi connectivity index (χ0v) is 20.0. The third-order valence-corrected chi connectivity index (χ3v) is 7.95. The fourth-order valence-corrected chi connectivity index (χ4v) is 5.97. The molecule has 1 fully saturated rings. The van der Waals surface area contributed by atoms with Gasteiger partial charge in [-0.1, -0.05) is 48.5 Å². The minimum Gasteiger partial charge on any atom is -0.465 e. The minimum atomic E-state index is -4.14. The van der Waals surface area contributed by atoms with E-state index in [1.807, 2.05) is 6.07 Å². The van der Waals surface area contributed by atoms with Crippen molar-refractivity contribution in [1.29, 1.82) is 0 Å². The van der Waals surface area contributed by atoms with Gasteiger partial charge in [-0.25, -0.2) is 18.1 Å². The molecule has 0 bridgehead atoms. The number of rotatable bonds is 7. The van der Waals surface area contributed by atoms with E-state index >= 15 is 0 Å². The van der Waals surface area contributed by atoms with Gasteiger partial charge in [0, 0.05) is 6.04 Å². The minimum absolute atomic E-state index is 0.0314. The average Bonchev–Trinajstić information content (AvgIpc) is 3.17. The molecule has 0 aromatic heterocycles. The standard InChI is InChI=1S/C26H24N2O6S/c1-18(19-9-5-3-6-10-19)28(35(32,33)22-11-7-4-8-12-22)23-17-24(29)27(25(23)30)21-15-13-20(14-16-21)26(31)34-2/h3-16,18,23H,17H2,1-2H3. The molecule has 0 N–H and O–H groups in total. The Balaban J connectivity index is 1.74. The van der Waals surface area contributed by atoms with Gasteiger partial charge in [0.25, 0.3) is 5.91 Å². The maximum atomic E-state index is 13.8. The Hall–Kier alpha value is -3.82. The summed E-state index contributed by atoms with van der Waals surface area (Å²) in [6, 6.07) is 20.6. The van der Waals surface area contributed by atoms with Crippen molar-refractivity contribution in [2.45, 2.75) is 30.3 Å². The van der Waals surface area contributed by atoms with Gasteiger partial charge < -0.3 is 4.74 Å². The lowest BCUT2D eigenvalue weighted by Gasteiger charge is -2.32. The maximum absolute atomic E-state index is 13.8. The highest BCUT2D eigenvalue weighted by Gasteiger charge is 2.48. The number of hydrogen-bond donors (Lipinski definition) is 0. The molecule has 0 radical (unpaired) electrons. The van der Waals surface area contributed by atoms with Gasteiger partial charge in [-0.05, 0) is 48.9 Å². The lowest BCUT2D eigenvalue weighted by molar-refractivity contribution is -0.122. The van der Waals surface area contributed by atoms with Crippen molar-refractivity contribution in [1.82, 2.24) is 4.31 Å². The first-order valence-corrected chi connectivity index (χ1v) is 12.4. The Morgan fingerprint density at radius 1 is 0.943 bits per heavy atom. The first kappa shape index (κ1) is 24.3. The van der Waals surface area contributed by atoms with Crippen LogP contribution in [0.15, 0.2) is 89.8 Å². The summed E-state index contributed by atoms with van der Waals surface area (Å²) in [5, 5.41) is 0. The molecule has 35 heavy (non-hydrogen) atoms. The van der Waals surface area contributed by atoms with Crippen LogP contribution in [0.1, 0.15) is 35.3 Å². The van der Waals surface area contributed by atoms with Crippen molar-refractivity contribution >= 4 is 33.5 Å². The van der Waals surface area contributed by atoms with Gasteiger partial charge in [0.2, 0.25) is 15.9 Å². The number of carbonyl (C=O) groups is 3. The van der Waals surface area contributed by atoms with Gasteiger partial charge in [0.1, 0.15) is 6.04 Å². The van der Waals surface area contributed by atoms with E-state index in [-0.39, 0.29) is 22.6 Å². The summed E-state index contributed by atoms with van der Waals surface area (Å²) in [4.78, 5) is 39.3. The lowest BCUT2D eigenvalue weighted by Crippen LogP contribution is -2.46. The van der Waals surface area contributed by atoms with Crippen LogP contribution in [-0.4, -0.2) is 43.7 Å². The molecule has 2 unspecified atom stereocenters. The number of nitrogens with zero attached hydrogens (tertiary/aromatic N) is 2. The summed E-state index contributed by atoms with van der Waals surface area (Å²) in [7, 11) is -2.89. The van der Waals surface area contributed by atoms with Crippen LogP contribution in [0.2, 0.25) is 0 Å². The van der Waals surface area contributed by atoms with Crippen molar-refractivity contribution < 1.29 is 27.5 Å². The maximum Gasteiger partial charge on any atom is 0.337 e. The topological polar surface area (TPSA) is 101 Å². The van der Waals surface area contributed by atoms with Gasteiger partial charge in [0.05, 0.1) is 29.7 Å². The average molecular weight is 493 g/mol. The number of ether oxygens (including phenoxy) is 1. The highest BCUT2D eigenvalue weighted by Crippen LogP contribution is 2.35. The van der Waals surface area contributed by atoms with Crippen LogP contribution in [-0.2, 0) is 24.3 Å². The number of benzene rings is 3. The second kappa shape index (κ2) is 9.81. The monoisotopic (exact) mass is 492 g/mol. The van der Waals surface area contributed by atoms with Crippen molar-refractivity contribution in [2.75, 3.05) is 12.0 Å². The second-order valence-corrected chi connectivity index (χ2v) is 9.90. The Kier molecular flexibility index (Phi) is 6.81. The predicted molar refractivity (Wildman–Crippen MR) is 129 cm³/mol. The fraction of sp³-hybridized carbons (Fsp3) is 0.192. The number of sulfonamides is 1. The fourth-order valence-electron chi connectivity index (χ4n) is 4.19. The van der Waals surface area contributed by atoms with Gasteiger partial charge in [0.15, 0.2) is 0 Å². The van der Waals surface area contributed by atoms with Crippen LogP contribution in [0.25, 0.3) is 0 Å². The summed E-state index contributed by atoms with van der Waals surface area (Å²) in [5.41, 5.74) is 1.20. The van der Waals surface area contributed by atoms with Crippen molar-refractivity contribution in [3.05, 3.63) is 96.1 Å². The van der Waals surface area contributed by atoms with Crippen LogP contribution in [0.5, 0.6) is 0 Å². The van der Waals surface area contributed by atoms with E-state index in [4.69, 9.17) is 0 Å². The zero-order chi connectivity index (χ0) is 25.2. The third kappa shape index (κ3) is 4.60. The molecular weight excluding hydrogens is 468 g/mol. The number of carbonyl (C=O) groups excluding carboxylic acids is 3. The van der Waals surface area contributed by atoms with Crippen LogP contribution in [0.3, 0.4) is 0 Å². The third-order valence-electron chi connectivity index (χ3n) is 5.96. The summed E-state index contributed by atoms with van der Waals surface area (Å²) in [6.07, 6.45) is -0.305. The highest BCUT2D eigenvalue weighted by atomic mass is 32.2. The van der Waals surface area contributed by atoms with Crippen molar-refractivity contribution in [3.63, 3.8) is 0 Å². The molecule has 1 aliphatic rings. The molecule has 0 saturated carbocycles. The Labute approximate surface area is 203 Å². The molecular formula is C26H24N2O6S. The van der Waals surface area contributed by atoms with Crippen molar-refractivity contribution in [2.24, 2.45) is 0 Å². The van der Waals surface area contributed by atoms with Crippen LogP contribution in [0, 0.1) is 0 Å². The van der Waals surface area contributed by atoms with Crippen LogP contribution in [0.4, 0.5) is 5.69 Å². The first-order chi connectivity index (χ1) is 16.8. The number of hydrogen-bond acceptors (Lipinski definition) is 6. The number of amides is 2. The molecule has 2 atom stereocenters. The van der Waals surface area contributed by atoms with E-state index in [9.17, 15) is 22.8 Å². The molecule has 3 aromatic rings. The molecule has 8 nitrogen and oxygen atoms in total. The SMILES string of the molecule is COC(=O)c1ccc(N2C(=O)CC(N(C(C)c3ccccc3)S(=O)(=O)c3ccccc3)C2=O)cc1.